The van der Waals surface area contributed by atoms with Gasteiger partial charge in [-0.3, -0.25) is 0 Å². The van der Waals surface area contributed by atoms with Gasteiger partial charge in [-0.15, -0.1) is 0 Å². The van der Waals surface area contributed by atoms with Crippen molar-refractivity contribution in [3.8, 4) is 0 Å². The molecule has 0 aromatic heterocycles. The van der Waals surface area contributed by atoms with Gasteiger partial charge in [0.25, 0.3) is 10.0 Å². The van der Waals surface area contributed by atoms with Crippen LogP contribution in [0.1, 0.15) is 5.56 Å². The van der Waals surface area contributed by atoms with E-state index in [4.69, 9.17) is 0 Å². The van der Waals surface area contributed by atoms with Gasteiger partial charge in [-0.05, 0) is 31.2 Å². The number of hydrogen-bond donors (Lipinski definition) is 0. The topological polar surface area (TPSA) is 58.9 Å². The number of benzene rings is 2. The van der Waals surface area contributed by atoms with Crippen LogP contribution in [0.2, 0.25) is 0 Å². The molecule has 0 aliphatic carbocycles. The van der Waals surface area contributed by atoms with Gasteiger partial charge in [0.1, 0.15) is 0 Å². The number of sulfonamides is 1. The fourth-order valence-electron chi connectivity index (χ4n) is 1.35. The lowest BCUT2D eigenvalue weighted by Crippen LogP contribution is -1.95. The van der Waals surface area contributed by atoms with Gasteiger partial charge in [-0.2, -0.15) is 12.8 Å². The third kappa shape index (κ3) is 3.84. The highest BCUT2D eigenvalue weighted by Crippen LogP contribution is 2.13. The van der Waals surface area contributed by atoms with Crippen LogP contribution < -0.4 is 0 Å². The fraction of sp³-hybridized carbons (Fsp3) is 0.0769. The molecule has 0 atom stereocenters. The largest absolute Gasteiger partial charge is 0.293 e. The summed E-state index contributed by atoms with van der Waals surface area (Å²) in [6.45, 7) is 1.90. The first-order chi connectivity index (χ1) is 9.08. The summed E-state index contributed by atoms with van der Waals surface area (Å²) in [6.07, 6.45) is 0. The lowest BCUT2D eigenvalue weighted by atomic mass is 10.2. The van der Waals surface area contributed by atoms with E-state index in [1.165, 1.54) is 12.1 Å². The SMILES string of the molecule is Cc1ccc(S(=O)(=O)N=S=Nc2ccccc2)cc1. The average Bonchev–Trinajstić information content (AvgIpc) is 2.40. The Kier molecular flexibility index (Phi) is 4.24. The molecular formula is C13H12N2O2S2. The zero-order valence-corrected chi connectivity index (χ0v) is 11.9. The highest BCUT2D eigenvalue weighted by Gasteiger charge is 2.10. The van der Waals surface area contributed by atoms with Gasteiger partial charge in [0.05, 0.1) is 21.9 Å². The summed E-state index contributed by atoms with van der Waals surface area (Å²) in [6, 6.07) is 15.6. The minimum atomic E-state index is -3.65. The van der Waals surface area contributed by atoms with Crippen molar-refractivity contribution in [3.63, 3.8) is 0 Å². The number of aryl methyl sites for hydroxylation is 1. The smallest absolute Gasteiger partial charge is 0.198 e. The number of hydrogen-bond acceptors (Lipinski definition) is 3. The molecule has 0 radical (unpaired) electrons. The molecule has 2 aromatic carbocycles. The summed E-state index contributed by atoms with van der Waals surface area (Å²) in [5.41, 5.74) is 1.68. The van der Waals surface area contributed by atoms with Gasteiger partial charge in [0, 0.05) is 0 Å². The van der Waals surface area contributed by atoms with Crippen molar-refractivity contribution in [3.05, 3.63) is 60.2 Å². The first kappa shape index (κ1) is 13.6. The Hall–Kier alpha value is -1.79. The first-order valence-electron chi connectivity index (χ1n) is 5.54. The second kappa shape index (κ2) is 5.90. The van der Waals surface area contributed by atoms with Crippen LogP contribution in [0.4, 0.5) is 5.69 Å². The van der Waals surface area contributed by atoms with Gasteiger partial charge in [-0.25, -0.2) is 0 Å². The molecule has 0 N–H and O–H groups in total. The van der Waals surface area contributed by atoms with Crippen LogP contribution in [0, 0.1) is 6.92 Å². The van der Waals surface area contributed by atoms with E-state index in [2.05, 4.69) is 8.13 Å². The number of rotatable bonds is 3. The van der Waals surface area contributed by atoms with E-state index in [1.54, 1.807) is 24.3 Å². The predicted octanol–water partition coefficient (Wildman–Crippen LogP) is 3.47. The summed E-state index contributed by atoms with van der Waals surface area (Å²) >= 11 is 0.674. The van der Waals surface area contributed by atoms with Crippen LogP contribution >= 0.6 is 0 Å². The molecule has 0 saturated carbocycles. The molecule has 0 aliphatic rings. The van der Waals surface area contributed by atoms with Crippen molar-refractivity contribution in [2.24, 2.45) is 8.13 Å². The molecular weight excluding hydrogens is 280 g/mol. The second-order valence-electron chi connectivity index (χ2n) is 3.87. The average molecular weight is 292 g/mol. The van der Waals surface area contributed by atoms with Gasteiger partial charge >= 0.3 is 0 Å². The highest BCUT2D eigenvalue weighted by molar-refractivity contribution is 7.93. The van der Waals surface area contributed by atoms with Gasteiger partial charge in [0.15, 0.2) is 0 Å². The Balaban J connectivity index is 2.27. The number of nitrogens with zero attached hydrogens (tertiary/aromatic N) is 2. The fourth-order valence-corrected chi connectivity index (χ4v) is 2.87. The molecule has 4 nitrogen and oxygen atoms in total. The summed E-state index contributed by atoms with van der Waals surface area (Å²) < 4.78 is 31.4. The Morgan fingerprint density at radius 2 is 1.58 bits per heavy atom. The van der Waals surface area contributed by atoms with E-state index in [-0.39, 0.29) is 4.90 Å². The maximum Gasteiger partial charge on any atom is 0.293 e. The lowest BCUT2D eigenvalue weighted by molar-refractivity contribution is 0.598. The molecule has 0 aliphatic heterocycles. The summed E-state index contributed by atoms with van der Waals surface area (Å²) in [4.78, 5) is 0.175. The minimum absolute atomic E-state index is 0.175. The standard InChI is InChI=1S/C13H12N2O2S2/c1-11-7-9-13(10-8-11)19(16,17)15-18-14-12-5-3-2-4-6-12/h2-10H,1H3. The van der Waals surface area contributed by atoms with Crippen molar-refractivity contribution in [1.29, 1.82) is 0 Å². The van der Waals surface area contributed by atoms with E-state index >= 15 is 0 Å². The summed E-state index contributed by atoms with van der Waals surface area (Å²) in [5, 5.41) is 0. The maximum atomic E-state index is 11.9. The van der Waals surface area contributed by atoms with Crippen LogP contribution in [-0.2, 0) is 21.4 Å². The molecule has 0 heterocycles. The molecule has 0 spiro atoms. The van der Waals surface area contributed by atoms with Gasteiger partial charge < -0.3 is 0 Å². The van der Waals surface area contributed by atoms with E-state index in [0.717, 1.165) is 5.56 Å². The molecule has 0 amide bonds. The van der Waals surface area contributed by atoms with Gasteiger partial charge in [-0.1, -0.05) is 39.7 Å². The van der Waals surface area contributed by atoms with Crippen LogP contribution in [0.5, 0.6) is 0 Å². The molecule has 0 saturated heterocycles. The first-order valence-corrected chi connectivity index (χ1v) is 7.71. The molecule has 98 valence electrons. The van der Waals surface area contributed by atoms with E-state index in [9.17, 15) is 8.42 Å². The normalized spacial score (nSPS) is 10.8. The van der Waals surface area contributed by atoms with E-state index in [1.807, 2.05) is 25.1 Å². The van der Waals surface area contributed by atoms with Crippen molar-refractivity contribution >= 4 is 27.1 Å². The third-order valence-corrected chi connectivity index (χ3v) is 4.56. The maximum absolute atomic E-state index is 11.9. The summed E-state index contributed by atoms with van der Waals surface area (Å²) in [7, 11) is -3.65. The summed E-state index contributed by atoms with van der Waals surface area (Å²) in [5.74, 6) is 0. The van der Waals surface area contributed by atoms with Crippen molar-refractivity contribution in [2.75, 3.05) is 0 Å². The van der Waals surface area contributed by atoms with Gasteiger partial charge in [0.2, 0.25) is 0 Å². The second-order valence-corrected chi connectivity index (χ2v) is 6.23. The van der Waals surface area contributed by atoms with Crippen molar-refractivity contribution < 1.29 is 8.42 Å². The Morgan fingerprint density at radius 3 is 2.21 bits per heavy atom. The molecule has 0 fully saturated rings. The Bertz CT molecular complexity index is 717. The Morgan fingerprint density at radius 1 is 0.947 bits per heavy atom. The van der Waals surface area contributed by atoms with E-state index < -0.39 is 10.0 Å². The predicted molar refractivity (Wildman–Crippen MR) is 76.7 cm³/mol. The lowest BCUT2D eigenvalue weighted by Gasteiger charge is -1.96. The van der Waals surface area contributed by atoms with Crippen LogP contribution in [0.25, 0.3) is 0 Å². The molecule has 2 rings (SSSR count). The Labute approximate surface area is 116 Å². The zero-order chi connectivity index (χ0) is 13.7. The highest BCUT2D eigenvalue weighted by atomic mass is 32.2. The minimum Gasteiger partial charge on any atom is -0.198 e. The third-order valence-electron chi connectivity index (χ3n) is 2.35. The quantitative estimate of drug-likeness (QED) is 0.869. The monoisotopic (exact) mass is 292 g/mol. The van der Waals surface area contributed by atoms with Crippen LogP contribution in [-0.4, -0.2) is 8.42 Å². The molecule has 0 bridgehead atoms. The molecule has 6 heteroatoms. The van der Waals surface area contributed by atoms with Crippen molar-refractivity contribution in [2.45, 2.75) is 11.8 Å². The van der Waals surface area contributed by atoms with Crippen molar-refractivity contribution in [1.82, 2.24) is 0 Å². The zero-order valence-electron chi connectivity index (χ0n) is 10.2. The molecule has 19 heavy (non-hydrogen) atoms. The van der Waals surface area contributed by atoms with Crippen LogP contribution in [0.3, 0.4) is 0 Å². The molecule has 0 unspecified atom stereocenters. The van der Waals surface area contributed by atoms with Crippen LogP contribution in [0.15, 0.2) is 67.6 Å². The van der Waals surface area contributed by atoms with E-state index in [0.29, 0.717) is 17.0 Å². The molecule has 2 aromatic rings.